The molecule has 4 rings (SSSR count). The van der Waals surface area contributed by atoms with Gasteiger partial charge < -0.3 is 15.4 Å². The summed E-state index contributed by atoms with van der Waals surface area (Å²) in [5.74, 6) is 0.716. The number of anilines is 2. The molecule has 0 atom stereocenters. The molecule has 0 saturated heterocycles. The van der Waals surface area contributed by atoms with Gasteiger partial charge in [0.2, 0.25) is 11.8 Å². The van der Waals surface area contributed by atoms with Crippen LogP contribution in [0.5, 0.6) is 5.75 Å². The van der Waals surface area contributed by atoms with Crippen LogP contribution in [-0.2, 0) is 9.59 Å². The molecule has 0 spiro atoms. The molecule has 0 aliphatic heterocycles. The molecule has 0 fully saturated rings. The van der Waals surface area contributed by atoms with Crippen LogP contribution in [0.4, 0.5) is 11.4 Å². The molecule has 32 heavy (non-hydrogen) atoms. The minimum Gasteiger partial charge on any atom is -0.497 e. The number of fused-ring (bicyclic) bond motifs is 1. The van der Waals surface area contributed by atoms with Crippen LogP contribution in [0.3, 0.4) is 0 Å². The van der Waals surface area contributed by atoms with E-state index in [9.17, 15) is 9.59 Å². The second-order valence-corrected chi connectivity index (χ2v) is 7.92. The smallest absolute Gasteiger partial charge is 0.234 e. The maximum atomic E-state index is 12.3. The number of aromatic nitrogens is 3. The summed E-state index contributed by atoms with van der Waals surface area (Å²) in [6.45, 7) is 1.45. The third kappa shape index (κ3) is 5.25. The summed E-state index contributed by atoms with van der Waals surface area (Å²) in [7, 11) is 1.63. The fraction of sp³-hybridized carbons (Fsp3) is 0.130. The van der Waals surface area contributed by atoms with Crippen LogP contribution in [0, 0.1) is 0 Å². The van der Waals surface area contributed by atoms with E-state index >= 15 is 0 Å². The molecule has 0 saturated carbocycles. The minimum absolute atomic E-state index is 0.142. The summed E-state index contributed by atoms with van der Waals surface area (Å²) >= 11 is 1.34. The number of hydrogen-bond donors (Lipinski definition) is 2. The Morgan fingerprint density at radius 1 is 0.969 bits per heavy atom. The quantitative estimate of drug-likeness (QED) is 0.414. The summed E-state index contributed by atoms with van der Waals surface area (Å²) in [6, 6.07) is 18.3. The highest BCUT2D eigenvalue weighted by Gasteiger charge is 2.09. The van der Waals surface area contributed by atoms with E-state index in [1.54, 1.807) is 35.9 Å². The third-order valence-corrected chi connectivity index (χ3v) is 5.44. The van der Waals surface area contributed by atoms with Gasteiger partial charge in [0, 0.05) is 23.9 Å². The van der Waals surface area contributed by atoms with Crippen molar-refractivity contribution in [3.63, 3.8) is 0 Å². The zero-order chi connectivity index (χ0) is 22.5. The molecular weight excluding hydrogens is 426 g/mol. The molecule has 2 heterocycles. The highest BCUT2D eigenvalue weighted by molar-refractivity contribution is 7.99. The second kappa shape index (κ2) is 9.52. The zero-order valence-corrected chi connectivity index (χ0v) is 18.3. The summed E-state index contributed by atoms with van der Waals surface area (Å²) in [6.07, 6.45) is 1.86. The SMILES string of the molecule is COc1ccc(-c2cn3nc(SCC(=O)Nc4ccc(NC(C)=O)cc4)ccc3n2)cc1. The maximum absolute atomic E-state index is 12.3. The van der Waals surface area contributed by atoms with Gasteiger partial charge in [-0.1, -0.05) is 11.8 Å². The van der Waals surface area contributed by atoms with E-state index in [1.807, 2.05) is 42.6 Å². The number of nitrogens with zero attached hydrogens (tertiary/aromatic N) is 3. The number of hydrogen-bond acceptors (Lipinski definition) is 6. The Balaban J connectivity index is 1.37. The van der Waals surface area contributed by atoms with Crippen molar-refractivity contribution in [2.45, 2.75) is 11.9 Å². The summed E-state index contributed by atoms with van der Waals surface area (Å²) in [5.41, 5.74) is 3.84. The molecule has 2 N–H and O–H groups in total. The Labute approximate surface area is 189 Å². The Morgan fingerprint density at radius 3 is 2.31 bits per heavy atom. The number of thioether (sulfide) groups is 1. The highest BCUT2D eigenvalue weighted by atomic mass is 32.2. The largest absolute Gasteiger partial charge is 0.497 e. The van der Waals surface area contributed by atoms with Gasteiger partial charge in [-0.3, -0.25) is 9.59 Å². The van der Waals surface area contributed by atoms with Crippen molar-refractivity contribution in [2.24, 2.45) is 0 Å². The van der Waals surface area contributed by atoms with E-state index in [2.05, 4.69) is 20.7 Å². The van der Waals surface area contributed by atoms with Crippen LogP contribution in [0.1, 0.15) is 6.92 Å². The zero-order valence-electron chi connectivity index (χ0n) is 17.5. The first-order chi connectivity index (χ1) is 15.5. The molecule has 0 aliphatic carbocycles. The lowest BCUT2D eigenvalue weighted by Gasteiger charge is -2.07. The number of amides is 2. The number of imidazole rings is 1. The van der Waals surface area contributed by atoms with E-state index in [4.69, 9.17) is 4.74 Å². The third-order valence-electron chi connectivity index (χ3n) is 4.52. The van der Waals surface area contributed by atoms with Gasteiger partial charge in [-0.05, 0) is 60.7 Å². The van der Waals surface area contributed by atoms with Crippen molar-refractivity contribution in [3.8, 4) is 17.0 Å². The average molecular weight is 448 g/mol. The molecule has 0 radical (unpaired) electrons. The summed E-state index contributed by atoms with van der Waals surface area (Å²) in [5, 5.41) is 10.8. The van der Waals surface area contributed by atoms with Crippen LogP contribution in [0.15, 0.2) is 71.9 Å². The van der Waals surface area contributed by atoms with Crippen LogP contribution in [0.2, 0.25) is 0 Å². The van der Waals surface area contributed by atoms with E-state index in [-0.39, 0.29) is 17.6 Å². The topological polar surface area (TPSA) is 97.6 Å². The van der Waals surface area contributed by atoms with Crippen molar-refractivity contribution in [1.29, 1.82) is 0 Å². The predicted octanol–water partition coefficient (Wildman–Crippen LogP) is 4.09. The normalized spacial score (nSPS) is 10.7. The molecule has 2 amide bonds. The van der Waals surface area contributed by atoms with Crippen molar-refractivity contribution >= 4 is 40.6 Å². The summed E-state index contributed by atoms with van der Waals surface area (Å²) in [4.78, 5) is 28.0. The minimum atomic E-state index is -0.145. The number of benzene rings is 2. The number of nitrogens with one attached hydrogen (secondary N) is 2. The van der Waals surface area contributed by atoms with Gasteiger partial charge in [0.25, 0.3) is 0 Å². The van der Waals surface area contributed by atoms with E-state index in [0.29, 0.717) is 16.4 Å². The first-order valence-electron chi connectivity index (χ1n) is 9.81. The van der Waals surface area contributed by atoms with Gasteiger partial charge in [0.15, 0.2) is 5.65 Å². The van der Waals surface area contributed by atoms with Crippen LogP contribution in [-0.4, -0.2) is 39.3 Å². The van der Waals surface area contributed by atoms with Gasteiger partial charge in [-0.15, -0.1) is 0 Å². The van der Waals surface area contributed by atoms with Gasteiger partial charge in [-0.2, -0.15) is 5.10 Å². The van der Waals surface area contributed by atoms with Gasteiger partial charge >= 0.3 is 0 Å². The monoisotopic (exact) mass is 447 g/mol. The van der Waals surface area contributed by atoms with E-state index in [1.165, 1.54) is 18.7 Å². The molecule has 2 aromatic carbocycles. The molecule has 0 bridgehead atoms. The van der Waals surface area contributed by atoms with Crippen molar-refractivity contribution < 1.29 is 14.3 Å². The number of carbonyl (C=O) groups is 2. The molecule has 0 aliphatic rings. The standard InChI is InChI=1S/C23H21N5O3S/c1-15(29)24-17-5-7-18(8-6-17)25-22(30)14-32-23-12-11-21-26-20(13-28(21)27-23)16-3-9-19(31-2)10-4-16/h3-13H,14H2,1-2H3,(H,24,29)(H,25,30). The van der Waals surface area contributed by atoms with E-state index in [0.717, 1.165) is 22.7 Å². The number of rotatable bonds is 7. The average Bonchev–Trinajstić information content (AvgIpc) is 3.22. The molecule has 0 unspecified atom stereocenters. The molecule has 162 valence electrons. The summed E-state index contributed by atoms with van der Waals surface area (Å²) < 4.78 is 6.90. The fourth-order valence-corrected chi connectivity index (χ4v) is 3.68. The van der Waals surface area contributed by atoms with Crippen molar-refractivity contribution in [3.05, 3.63) is 66.9 Å². The van der Waals surface area contributed by atoms with Crippen LogP contribution in [0.25, 0.3) is 16.9 Å². The molecule has 2 aromatic heterocycles. The lowest BCUT2D eigenvalue weighted by molar-refractivity contribution is -0.114. The van der Waals surface area contributed by atoms with Gasteiger partial charge in [0.1, 0.15) is 10.8 Å². The molecule has 8 nitrogen and oxygen atoms in total. The fourth-order valence-electron chi connectivity index (χ4n) is 3.02. The first-order valence-corrected chi connectivity index (χ1v) is 10.8. The Morgan fingerprint density at radius 2 is 1.66 bits per heavy atom. The molecular formula is C23H21N5O3S. The number of ether oxygens (including phenoxy) is 1. The Bertz CT molecular complexity index is 1250. The van der Waals surface area contributed by atoms with Gasteiger partial charge in [0.05, 0.1) is 24.8 Å². The first kappa shape index (κ1) is 21.4. The predicted molar refractivity (Wildman–Crippen MR) is 125 cm³/mol. The highest BCUT2D eigenvalue weighted by Crippen LogP contribution is 2.23. The molecule has 4 aromatic rings. The lowest BCUT2D eigenvalue weighted by Crippen LogP contribution is -2.14. The maximum Gasteiger partial charge on any atom is 0.234 e. The Kier molecular flexibility index (Phi) is 6.37. The Hall–Kier alpha value is -3.85. The van der Waals surface area contributed by atoms with Crippen LogP contribution < -0.4 is 15.4 Å². The lowest BCUT2D eigenvalue weighted by atomic mass is 10.2. The number of methoxy groups -OCH3 is 1. The number of carbonyl (C=O) groups excluding carboxylic acids is 2. The van der Waals surface area contributed by atoms with E-state index < -0.39 is 0 Å². The molecule has 9 heteroatoms. The van der Waals surface area contributed by atoms with Crippen LogP contribution >= 0.6 is 11.8 Å². The van der Waals surface area contributed by atoms with Gasteiger partial charge in [-0.25, -0.2) is 9.50 Å². The second-order valence-electron chi connectivity index (χ2n) is 6.92. The van der Waals surface area contributed by atoms with Crippen molar-refractivity contribution in [2.75, 3.05) is 23.5 Å². The van der Waals surface area contributed by atoms with Crippen molar-refractivity contribution in [1.82, 2.24) is 14.6 Å².